The second kappa shape index (κ2) is 19.5. The van der Waals surface area contributed by atoms with Crippen molar-refractivity contribution in [3.05, 3.63) is 206 Å². The van der Waals surface area contributed by atoms with Crippen LogP contribution >= 0.6 is 0 Å². The predicted molar refractivity (Wildman–Crippen MR) is 355 cm³/mol. The molecule has 0 aliphatic heterocycles. The molecule has 0 spiro atoms. The first-order valence-electron chi connectivity index (χ1n) is 30.5. The summed E-state index contributed by atoms with van der Waals surface area (Å²) in [6.07, 6.45) is 0. The van der Waals surface area contributed by atoms with Crippen molar-refractivity contribution in [1.82, 2.24) is 0 Å². The first-order chi connectivity index (χ1) is 37.7. The molecular formula is C80H96O. The lowest BCUT2D eigenvalue weighted by Gasteiger charge is -2.45. The lowest BCUT2D eigenvalue weighted by atomic mass is 9.59. The monoisotopic (exact) mass is 1070 g/mol. The van der Waals surface area contributed by atoms with Crippen LogP contribution in [0.4, 0.5) is 0 Å². The third-order valence-corrected chi connectivity index (χ3v) is 24.2. The molecule has 0 N–H and O–H groups in total. The van der Waals surface area contributed by atoms with Gasteiger partial charge in [-0.15, -0.1) is 0 Å². The minimum Gasteiger partial charge on any atom is -0.455 e. The van der Waals surface area contributed by atoms with E-state index in [0.717, 1.165) is 11.2 Å². The van der Waals surface area contributed by atoms with E-state index < -0.39 is 0 Å². The molecule has 0 radical (unpaired) electrons. The molecule has 10 rings (SSSR count). The van der Waals surface area contributed by atoms with E-state index in [2.05, 4.69) is 215 Å². The van der Waals surface area contributed by atoms with E-state index in [-0.39, 0.29) is 5.92 Å². The summed E-state index contributed by atoms with van der Waals surface area (Å²) in [5, 5.41) is 5.15. The third kappa shape index (κ3) is 7.47. The molecule has 2 aliphatic carbocycles. The fourth-order valence-corrected chi connectivity index (χ4v) is 17.0. The average Bonchev–Trinajstić information content (AvgIpc) is 3.85. The van der Waals surface area contributed by atoms with Crippen LogP contribution in [0, 0.1) is 186 Å². The maximum atomic E-state index is 7.63. The molecule has 1 heteroatoms. The van der Waals surface area contributed by atoms with Crippen molar-refractivity contribution < 1.29 is 4.42 Å². The zero-order valence-corrected chi connectivity index (χ0v) is 56.1. The van der Waals surface area contributed by atoms with Crippen LogP contribution in [0.5, 0.6) is 0 Å². The van der Waals surface area contributed by atoms with Crippen LogP contribution in [0.15, 0.2) is 32.3 Å². The smallest absolute Gasteiger partial charge is 0.143 e. The van der Waals surface area contributed by atoms with E-state index >= 15 is 0 Å². The van der Waals surface area contributed by atoms with Crippen molar-refractivity contribution >= 4 is 38.3 Å². The highest BCUT2D eigenvalue weighted by atomic mass is 16.3. The number of allylic oxidation sites excluding steroid dienone is 5. The second-order valence-corrected chi connectivity index (χ2v) is 26.7. The van der Waals surface area contributed by atoms with Gasteiger partial charge in [0.2, 0.25) is 0 Å². The third-order valence-electron chi connectivity index (χ3n) is 24.2. The lowest BCUT2D eigenvalue weighted by molar-refractivity contribution is 0.571. The van der Waals surface area contributed by atoms with Crippen LogP contribution in [0.3, 0.4) is 0 Å². The van der Waals surface area contributed by atoms with E-state index in [9.17, 15) is 0 Å². The molecule has 3 atom stereocenters. The van der Waals surface area contributed by atoms with Gasteiger partial charge in [0.1, 0.15) is 11.2 Å². The fraction of sp³-hybridized carbons (Fsp3) is 0.425. The van der Waals surface area contributed by atoms with Crippen molar-refractivity contribution in [3.8, 4) is 11.1 Å². The summed E-state index contributed by atoms with van der Waals surface area (Å²) >= 11 is 0. The molecule has 8 aromatic rings. The molecule has 1 heterocycles. The van der Waals surface area contributed by atoms with Crippen molar-refractivity contribution in [2.75, 3.05) is 0 Å². The molecule has 0 fully saturated rings. The summed E-state index contributed by atoms with van der Waals surface area (Å²) in [5.41, 5.74) is 58.5. The Kier molecular flexibility index (Phi) is 13.9. The van der Waals surface area contributed by atoms with Gasteiger partial charge in [-0.2, -0.15) is 0 Å². The van der Waals surface area contributed by atoms with Gasteiger partial charge in [0, 0.05) is 33.9 Å². The van der Waals surface area contributed by atoms with E-state index in [4.69, 9.17) is 4.42 Å². The molecule has 1 nitrogen and oxygen atoms in total. The molecule has 422 valence electrons. The van der Waals surface area contributed by atoms with Crippen LogP contribution in [0.25, 0.3) is 49.4 Å². The number of benzene rings is 7. The lowest BCUT2D eigenvalue weighted by Crippen LogP contribution is -2.30. The minimum absolute atomic E-state index is 0.0441. The summed E-state index contributed by atoms with van der Waals surface area (Å²) in [5.74, 6) is 0.596. The number of furan rings is 1. The fourth-order valence-electron chi connectivity index (χ4n) is 17.0. The van der Waals surface area contributed by atoms with Crippen LogP contribution in [0.1, 0.15) is 224 Å². The summed E-state index contributed by atoms with van der Waals surface area (Å²) in [6.45, 7) is 74.3. The Labute approximate surface area is 489 Å². The predicted octanol–water partition coefficient (Wildman–Crippen LogP) is 22.8. The van der Waals surface area contributed by atoms with Crippen molar-refractivity contribution in [1.29, 1.82) is 0 Å². The summed E-state index contributed by atoms with van der Waals surface area (Å²) in [7, 11) is 0. The van der Waals surface area contributed by atoms with Crippen LogP contribution in [-0.2, 0) is 0 Å². The first kappa shape index (κ1) is 58.0. The zero-order chi connectivity index (χ0) is 60.0. The molecule has 0 saturated carbocycles. The van der Waals surface area contributed by atoms with Gasteiger partial charge < -0.3 is 4.42 Å². The number of rotatable bonds is 5. The summed E-state index contributed by atoms with van der Waals surface area (Å²) < 4.78 is 7.63. The normalized spacial score (nSPS) is 16.1. The molecule has 0 bridgehead atoms. The average molecular weight is 1070 g/mol. The quantitative estimate of drug-likeness (QED) is 0.157. The Hall–Kier alpha value is -6.18. The van der Waals surface area contributed by atoms with Gasteiger partial charge in [0.25, 0.3) is 0 Å². The van der Waals surface area contributed by atoms with Gasteiger partial charge in [-0.1, -0.05) is 16.7 Å². The SMILES string of the molecule is CC1=C(C)C2C(C)=C(c3c(C)c(C)c(C(c4c(C)c(C)c(C)c(C)c4C)c4c(C)c(C)c5oc6c7c(C)c(C)c(C)c(C)c7c(-c7c(C)c(C)c(C)c(C)c7C)c(C)c6c5c4C)c(C)c3C)c3c(C)c(C)c(C)c(C)c3C2C(C)=C1C. The Morgan fingerprint density at radius 2 is 0.543 bits per heavy atom. The molecule has 1 aromatic heterocycles. The number of hydrogen-bond acceptors (Lipinski definition) is 1. The highest BCUT2D eigenvalue weighted by Gasteiger charge is 2.43. The van der Waals surface area contributed by atoms with E-state index in [1.807, 2.05) is 0 Å². The molecule has 2 aliphatic rings. The Morgan fingerprint density at radius 1 is 0.222 bits per heavy atom. The molecule has 81 heavy (non-hydrogen) atoms. The second-order valence-electron chi connectivity index (χ2n) is 26.7. The Bertz CT molecular complexity index is 4270. The number of hydrogen-bond donors (Lipinski definition) is 0. The number of fused-ring (bicyclic) bond motifs is 8. The van der Waals surface area contributed by atoms with Crippen LogP contribution in [0.2, 0.25) is 0 Å². The van der Waals surface area contributed by atoms with Crippen molar-refractivity contribution in [2.24, 2.45) is 5.92 Å². The Morgan fingerprint density at radius 3 is 1.02 bits per heavy atom. The van der Waals surface area contributed by atoms with Crippen LogP contribution in [-0.4, -0.2) is 0 Å². The molecule has 7 aromatic carbocycles. The maximum Gasteiger partial charge on any atom is 0.143 e. The van der Waals surface area contributed by atoms with Gasteiger partial charge in [0.05, 0.1) is 0 Å². The highest BCUT2D eigenvalue weighted by molar-refractivity contribution is 6.24. The minimum atomic E-state index is -0.0441. The van der Waals surface area contributed by atoms with Crippen molar-refractivity contribution in [2.45, 2.75) is 226 Å². The van der Waals surface area contributed by atoms with Gasteiger partial charge in [-0.05, 0) is 426 Å². The Balaban J connectivity index is 1.39. The van der Waals surface area contributed by atoms with E-state index in [1.165, 1.54) is 239 Å². The molecule has 0 amide bonds. The van der Waals surface area contributed by atoms with Gasteiger partial charge in [0.15, 0.2) is 0 Å². The van der Waals surface area contributed by atoms with E-state index in [1.54, 1.807) is 5.56 Å². The standard InChI is InChI=1S/C80H96O/c1-32-34(3)44(13)63(45(14)35(32)4)74-62(31)77-76-61(30)68(58(27)59(28)79(76)81-80(77)75-53(22)43(12)42(11)52(21)72(74)75)78(65-46(15)36(5)33(2)37(6)47(65)16)66-56(25)54(23)64(55(24)57(66)26)73-60(29)67-48(17)38(7)39(8)49(18)69(67)70-50(19)40(9)41(10)51(20)71(70)73/h67,69,78H,1-31H3. The number of aryl methyl sites for hydroxylation is 5. The van der Waals surface area contributed by atoms with Gasteiger partial charge >= 0.3 is 0 Å². The van der Waals surface area contributed by atoms with Gasteiger partial charge in [-0.25, -0.2) is 0 Å². The summed E-state index contributed by atoms with van der Waals surface area (Å²) in [4.78, 5) is 0. The topological polar surface area (TPSA) is 13.1 Å². The molecule has 0 saturated heterocycles. The first-order valence-corrected chi connectivity index (χ1v) is 30.5. The highest BCUT2D eigenvalue weighted by Crippen LogP contribution is 2.59. The van der Waals surface area contributed by atoms with E-state index in [0.29, 0.717) is 11.8 Å². The zero-order valence-electron chi connectivity index (χ0n) is 56.1. The molecular weight excluding hydrogens is 977 g/mol. The van der Waals surface area contributed by atoms with Gasteiger partial charge in [-0.3, -0.25) is 0 Å². The largest absolute Gasteiger partial charge is 0.455 e. The molecule has 3 unspecified atom stereocenters. The maximum absolute atomic E-state index is 7.63. The van der Waals surface area contributed by atoms with Crippen LogP contribution < -0.4 is 0 Å². The van der Waals surface area contributed by atoms with Crippen molar-refractivity contribution in [3.63, 3.8) is 0 Å². The summed E-state index contributed by atoms with van der Waals surface area (Å²) in [6, 6.07) is 0.